The Morgan fingerprint density at radius 1 is 1.16 bits per heavy atom. The second-order valence-corrected chi connectivity index (χ2v) is 7.36. The maximum absolute atomic E-state index is 12.5. The number of carbonyl (C=O) groups excluding carboxylic acids is 2. The van der Waals surface area contributed by atoms with Crippen molar-refractivity contribution in [1.82, 2.24) is 5.32 Å². The summed E-state index contributed by atoms with van der Waals surface area (Å²) >= 11 is 1.66. The van der Waals surface area contributed by atoms with Gasteiger partial charge in [-0.15, -0.1) is 11.8 Å². The maximum Gasteiger partial charge on any atom is 0.252 e. The molecule has 1 aliphatic rings. The molecule has 4 nitrogen and oxygen atoms in total. The van der Waals surface area contributed by atoms with Gasteiger partial charge in [-0.3, -0.25) is 9.59 Å². The summed E-state index contributed by atoms with van der Waals surface area (Å²) < 4.78 is 0. The van der Waals surface area contributed by atoms with E-state index in [0.29, 0.717) is 25.1 Å². The van der Waals surface area contributed by atoms with Crippen LogP contribution in [0.1, 0.15) is 23.7 Å². The third-order valence-electron chi connectivity index (χ3n) is 4.26. The largest absolute Gasteiger partial charge is 0.352 e. The predicted molar refractivity (Wildman–Crippen MR) is 102 cm³/mol. The van der Waals surface area contributed by atoms with Crippen molar-refractivity contribution >= 4 is 29.3 Å². The van der Waals surface area contributed by atoms with Crippen molar-refractivity contribution in [2.45, 2.75) is 18.2 Å². The van der Waals surface area contributed by atoms with Gasteiger partial charge < -0.3 is 10.2 Å². The molecule has 1 aliphatic heterocycles. The van der Waals surface area contributed by atoms with E-state index in [1.165, 1.54) is 0 Å². The minimum atomic E-state index is -0.0674. The molecule has 130 valence electrons. The number of nitrogens with one attached hydrogen (secondary N) is 1. The summed E-state index contributed by atoms with van der Waals surface area (Å²) in [5.74, 6) is 1.12. The average molecular weight is 354 g/mol. The van der Waals surface area contributed by atoms with E-state index >= 15 is 0 Å². The zero-order valence-electron chi connectivity index (χ0n) is 14.3. The molecule has 3 rings (SSSR count). The molecule has 0 spiro atoms. The second-order valence-electron chi connectivity index (χ2n) is 6.05. The summed E-state index contributed by atoms with van der Waals surface area (Å²) in [7, 11) is 0. The Bertz CT molecular complexity index is 748. The van der Waals surface area contributed by atoms with Crippen LogP contribution in [0.15, 0.2) is 59.5 Å². The van der Waals surface area contributed by atoms with Gasteiger partial charge in [-0.1, -0.05) is 37.3 Å². The Hall–Kier alpha value is -2.27. The SMILES string of the molecule is CCSc1ccccc1C(=O)NCC1CC(=O)N(c2ccccc2)C1. The topological polar surface area (TPSA) is 49.4 Å². The average Bonchev–Trinajstić information content (AvgIpc) is 3.02. The van der Waals surface area contributed by atoms with Crippen molar-refractivity contribution in [3.05, 3.63) is 60.2 Å². The van der Waals surface area contributed by atoms with Gasteiger partial charge >= 0.3 is 0 Å². The maximum atomic E-state index is 12.5. The number of para-hydroxylation sites is 1. The normalized spacial score (nSPS) is 16.9. The number of hydrogen-bond donors (Lipinski definition) is 1. The number of thioether (sulfide) groups is 1. The Kier molecular flexibility index (Phi) is 5.76. The highest BCUT2D eigenvalue weighted by atomic mass is 32.2. The second kappa shape index (κ2) is 8.21. The van der Waals surface area contributed by atoms with Gasteiger partial charge in [0.2, 0.25) is 5.91 Å². The molecule has 0 bridgehead atoms. The Balaban J connectivity index is 1.59. The van der Waals surface area contributed by atoms with Crippen LogP contribution in [0.3, 0.4) is 0 Å². The number of carbonyl (C=O) groups is 2. The monoisotopic (exact) mass is 354 g/mol. The Morgan fingerprint density at radius 2 is 1.88 bits per heavy atom. The molecule has 0 aliphatic carbocycles. The van der Waals surface area contributed by atoms with Crippen LogP contribution in [0.2, 0.25) is 0 Å². The van der Waals surface area contributed by atoms with E-state index < -0.39 is 0 Å². The molecular formula is C20H22N2O2S. The van der Waals surface area contributed by atoms with Gasteiger partial charge in [0, 0.05) is 36.0 Å². The van der Waals surface area contributed by atoms with E-state index in [2.05, 4.69) is 12.2 Å². The van der Waals surface area contributed by atoms with Gasteiger partial charge in [0.05, 0.1) is 5.56 Å². The fourth-order valence-corrected chi connectivity index (χ4v) is 3.85. The van der Waals surface area contributed by atoms with Crippen LogP contribution in [-0.2, 0) is 4.79 Å². The van der Waals surface area contributed by atoms with E-state index in [0.717, 1.165) is 16.3 Å². The van der Waals surface area contributed by atoms with Crippen LogP contribution in [0.25, 0.3) is 0 Å². The summed E-state index contributed by atoms with van der Waals surface area (Å²) in [5, 5.41) is 3.00. The molecule has 1 heterocycles. The summed E-state index contributed by atoms with van der Waals surface area (Å²) in [6, 6.07) is 17.3. The van der Waals surface area contributed by atoms with Crippen molar-refractivity contribution < 1.29 is 9.59 Å². The number of benzene rings is 2. The lowest BCUT2D eigenvalue weighted by Gasteiger charge is -2.17. The lowest BCUT2D eigenvalue weighted by molar-refractivity contribution is -0.117. The number of nitrogens with zero attached hydrogens (tertiary/aromatic N) is 1. The summed E-state index contributed by atoms with van der Waals surface area (Å²) in [4.78, 5) is 27.6. The fraction of sp³-hybridized carbons (Fsp3) is 0.300. The standard InChI is InChI=1S/C20H22N2O2S/c1-2-25-18-11-7-6-10-17(18)20(24)21-13-15-12-19(23)22(14-15)16-8-4-3-5-9-16/h3-11,15H,2,12-14H2,1H3,(H,21,24). The molecule has 2 aromatic carbocycles. The van der Waals surface area contributed by atoms with Gasteiger partial charge in [0.25, 0.3) is 5.91 Å². The molecule has 0 aromatic heterocycles. The smallest absolute Gasteiger partial charge is 0.252 e. The van der Waals surface area contributed by atoms with Gasteiger partial charge in [0.15, 0.2) is 0 Å². The van der Waals surface area contributed by atoms with Gasteiger partial charge in [-0.25, -0.2) is 0 Å². The van der Waals surface area contributed by atoms with E-state index in [-0.39, 0.29) is 17.7 Å². The quantitative estimate of drug-likeness (QED) is 0.807. The molecule has 1 saturated heterocycles. The van der Waals surface area contributed by atoms with Crippen molar-refractivity contribution in [1.29, 1.82) is 0 Å². The minimum Gasteiger partial charge on any atom is -0.352 e. The Morgan fingerprint density at radius 3 is 2.64 bits per heavy atom. The van der Waals surface area contributed by atoms with Gasteiger partial charge in [-0.05, 0) is 30.0 Å². The molecule has 0 radical (unpaired) electrons. The third kappa shape index (κ3) is 4.23. The number of rotatable bonds is 6. The number of hydrogen-bond acceptors (Lipinski definition) is 3. The summed E-state index contributed by atoms with van der Waals surface area (Å²) in [6.07, 6.45) is 0.473. The minimum absolute atomic E-state index is 0.0674. The fourth-order valence-electron chi connectivity index (χ4n) is 3.04. The zero-order chi connectivity index (χ0) is 17.6. The predicted octanol–water partition coefficient (Wildman–Crippen LogP) is 3.58. The number of anilines is 1. The zero-order valence-corrected chi connectivity index (χ0v) is 15.1. The van der Waals surface area contributed by atoms with Gasteiger partial charge in [0.1, 0.15) is 0 Å². The molecule has 2 aromatic rings. The lowest BCUT2D eigenvalue weighted by atomic mass is 10.1. The molecule has 2 amide bonds. The first-order valence-electron chi connectivity index (χ1n) is 8.54. The first-order chi connectivity index (χ1) is 12.2. The molecular weight excluding hydrogens is 332 g/mol. The summed E-state index contributed by atoms with van der Waals surface area (Å²) in [6.45, 7) is 3.23. The van der Waals surface area contributed by atoms with Crippen LogP contribution >= 0.6 is 11.8 Å². The molecule has 5 heteroatoms. The highest BCUT2D eigenvalue weighted by Crippen LogP contribution is 2.25. The molecule has 25 heavy (non-hydrogen) atoms. The summed E-state index contributed by atoms with van der Waals surface area (Å²) in [5.41, 5.74) is 1.63. The molecule has 1 unspecified atom stereocenters. The highest BCUT2D eigenvalue weighted by molar-refractivity contribution is 7.99. The molecule has 1 N–H and O–H groups in total. The Labute approximate surface area is 152 Å². The van der Waals surface area contributed by atoms with Crippen molar-refractivity contribution in [2.75, 3.05) is 23.7 Å². The van der Waals surface area contributed by atoms with Crippen molar-refractivity contribution in [3.8, 4) is 0 Å². The van der Waals surface area contributed by atoms with Crippen LogP contribution in [0.5, 0.6) is 0 Å². The first kappa shape index (κ1) is 17.5. The lowest BCUT2D eigenvalue weighted by Crippen LogP contribution is -2.31. The van der Waals surface area contributed by atoms with E-state index in [4.69, 9.17) is 0 Å². The van der Waals surface area contributed by atoms with Crippen molar-refractivity contribution in [3.63, 3.8) is 0 Å². The van der Waals surface area contributed by atoms with Crippen LogP contribution < -0.4 is 10.2 Å². The van der Waals surface area contributed by atoms with Gasteiger partial charge in [-0.2, -0.15) is 0 Å². The van der Waals surface area contributed by atoms with E-state index in [1.807, 2.05) is 54.6 Å². The molecule has 0 saturated carbocycles. The third-order valence-corrected chi connectivity index (χ3v) is 5.21. The van der Waals surface area contributed by atoms with E-state index in [9.17, 15) is 9.59 Å². The first-order valence-corrected chi connectivity index (χ1v) is 9.53. The van der Waals surface area contributed by atoms with E-state index in [1.54, 1.807) is 16.7 Å². The van der Waals surface area contributed by atoms with Crippen LogP contribution in [0, 0.1) is 5.92 Å². The molecule has 1 atom stereocenters. The molecule has 1 fully saturated rings. The van der Waals surface area contributed by atoms with Crippen molar-refractivity contribution in [2.24, 2.45) is 5.92 Å². The highest BCUT2D eigenvalue weighted by Gasteiger charge is 2.30. The van der Waals surface area contributed by atoms with Crippen LogP contribution in [0.4, 0.5) is 5.69 Å². The number of amides is 2. The van der Waals surface area contributed by atoms with Crippen LogP contribution in [-0.4, -0.2) is 30.7 Å².